The average molecular weight is 226 g/mol. The quantitative estimate of drug-likeness (QED) is 0.722. The number of fused-ring (bicyclic) bond motifs is 2. The maximum Gasteiger partial charge on any atom is 0.322 e. The van der Waals surface area contributed by atoms with Crippen molar-refractivity contribution < 1.29 is 9.53 Å². The van der Waals surface area contributed by atoms with Gasteiger partial charge in [0.2, 0.25) is 0 Å². The summed E-state index contributed by atoms with van der Waals surface area (Å²) in [6, 6.07) is 1.71. The van der Waals surface area contributed by atoms with E-state index in [0.717, 1.165) is 12.8 Å². The maximum atomic E-state index is 11.3. The van der Waals surface area contributed by atoms with Gasteiger partial charge in [0.05, 0.1) is 7.11 Å². The SMILES string of the molecule is COC(=O)[C@H](C)NC1CC2CCC(C1)N2C. The van der Waals surface area contributed by atoms with Gasteiger partial charge < -0.3 is 15.0 Å². The number of carbonyl (C=O) groups excluding carboxylic acids is 1. The van der Waals surface area contributed by atoms with Crippen LogP contribution in [0.2, 0.25) is 0 Å². The molecular formula is C12H22N2O2. The summed E-state index contributed by atoms with van der Waals surface area (Å²) >= 11 is 0. The summed E-state index contributed by atoms with van der Waals surface area (Å²) in [6.45, 7) is 1.88. The number of hydrogen-bond acceptors (Lipinski definition) is 4. The lowest BCUT2D eigenvalue weighted by Crippen LogP contribution is -2.51. The molecule has 4 nitrogen and oxygen atoms in total. The van der Waals surface area contributed by atoms with Crippen LogP contribution in [-0.4, -0.2) is 49.2 Å². The average Bonchev–Trinajstić information content (AvgIpc) is 2.52. The predicted molar refractivity (Wildman–Crippen MR) is 62.2 cm³/mol. The third-order valence-corrected chi connectivity index (χ3v) is 4.14. The van der Waals surface area contributed by atoms with Crippen LogP contribution < -0.4 is 5.32 Å². The van der Waals surface area contributed by atoms with Crippen LogP contribution in [-0.2, 0) is 9.53 Å². The monoisotopic (exact) mass is 226 g/mol. The first-order valence-corrected chi connectivity index (χ1v) is 6.17. The van der Waals surface area contributed by atoms with E-state index in [4.69, 9.17) is 4.74 Å². The molecule has 92 valence electrons. The molecule has 0 spiro atoms. The van der Waals surface area contributed by atoms with Gasteiger partial charge in [0, 0.05) is 18.1 Å². The Hall–Kier alpha value is -0.610. The van der Waals surface area contributed by atoms with Gasteiger partial charge in [0.1, 0.15) is 6.04 Å². The Bertz CT molecular complexity index is 256. The van der Waals surface area contributed by atoms with Crippen molar-refractivity contribution in [2.75, 3.05) is 14.2 Å². The van der Waals surface area contributed by atoms with Gasteiger partial charge >= 0.3 is 5.97 Å². The highest BCUT2D eigenvalue weighted by atomic mass is 16.5. The molecule has 2 fully saturated rings. The number of ether oxygens (including phenoxy) is 1. The van der Waals surface area contributed by atoms with Crippen molar-refractivity contribution in [1.82, 2.24) is 10.2 Å². The highest BCUT2D eigenvalue weighted by Gasteiger charge is 2.38. The van der Waals surface area contributed by atoms with Crippen LogP contribution in [0.5, 0.6) is 0 Å². The zero-order valence-corrected chi connectivity index (χ0v) is 10.4. The molecule has 3 atom stereocenters. The summed E-state index contributed by atoms with van der Waals surface area (Å²) in [6.07, 6.45) is 4.95. The Balaban J connectivity index is 1.86. The minimum absolute atomic E-state index is 0.161. The normalized spacial score (nSPS) is 36.1. The van der Waals surface area contributed by atoms with Gasteiger partial charge in [-0.3, -0.25) is 4.79 Å². The van der Waals surface area contributed by atoms with Gasteiger partial charge in [-0.1, -0.05) is 0 Å². The topological polar surface area (TPSA) is 41.6 Å². The van der Waals surface area contributed by atoms with E-state index in [-0.39, 0.29) is 12.0 Å². The van der Waals surface area contributed by atoms with E-state index in [1.54, 1.807) is 0 Å². The Kier molecular flexibility index (Phi) is 3.50. The molecule has 2 saturated heterocycles. The van der Waals surface area contributed by atoms with Crippen molar-refractivity contribution in [1.29, 1.82) is 0 Å². The van der Waals surface area contributed by atoms with Crippen molar-refractivity contribution in [2.24, 2.45) is 0 Å². The van der Waals surface area contributed by atoms with Gasteiger partial charge in [-0.05, 0) is 39.7 Å². The summed E-state index contributed by atoms with van der Waals surface area (Å²) < 4.78 is 4.73. The standard InChI is InChI=1S/C12H22N2O2/c1-8(12(15)16-3)13-9-6-10-4-5-11(7-9)14(10)2/h8-11,13H,4-7H2,1-3H3/t8-,9?,10?,11?/m0/s1. The molecule has 2 heterocycles. The summed E-state index contributed by atoms with van der Waals surface area (Å²) in [4.78, 5) is 13.8. The first-order valence-electron chi connectivity index (χ1n) is 6.17. The van der Waals surface area contributed by atoms with E-state index in [2.05, 4.69) is 17.3 Å². The Morgan fingerprint density at radius 1 is 1.38 bits per heavy atom. The van der Waals surface area contributed by atoms with Gasteiger partial charge in [-0.25, -0.2) is 0 Å². The van der Waals surface area contributed by atoms with Crippen molar-refractivity contribution in [2.45, 2.75) is 56.8 Å². The molecule has 2 unspecified atom stereocenters. The molecule has 4 heteroatoms. The number of hydrogen-bond donors (Lipinski definition) is 1. The van der Waals surface area contributed by atoms with E-state index >= 15 is 0 Å². The zero-order valence-electron chi connectivity index (χ0n) is 10.4. The summed E-state index contributed by atoms with van der Waals surface area (Å²) in [5, 5.41) is 3.39. The van der Waals surface area contributed by atoms with Gasteiger partial charge in [0.25, 0.3) is 0 Å². The molecule has 0 amide bonds. The molecule has 0 radical (unpaired) electrons. The van der Waals surface area contributed by atoms with Crippen molar-refractivity contribution in [3.05, 3.63) is 0 Å². The lowest BCUT2D eigenvalue weighted by Gasteiger charge is -2.37. The molecule has 2 aliphatic heterocycles. The molecule has 0 aromatic heterocycles. The van der Waals surface area contributed by atoms with E-state index in [0.29, 0.717) is 18.1 Å². The van der Waals surface area contributed by atoms with Gasteiger partial charge in [0.15, 0.2) is 0 Å². The second-order valence-corrected chi connectivity index (χ2v) is 5.13. The van der Waals surface area contributed by atoms with Crippen LogP contribution in [0.15, 0.2) is 0 Å². The van der Waals surface area contributed by atoms with E-state index in [1.165, 1.54) is 20.0 Å². The molecule has 2 aliphatic rings. The molecule has 0 aromatic carbocycles. The fraction of sp³-hybridized carbons (Fsp3) is 0.917. The third kappa shape index (κ3) is 2.23. The Labute approximate surface area is 97.3 Å². The number of rotatable bonds is 3. The third-order valence-electron chi connectivity index (χ3n) is 4.14. The first kappa shape index (κ1) is 11.9. The van der Waals surface area contributed by atoms with Crippen LogP contribution in [0.25, 0.3) is 0 Å². The van der Waals surface area contributed by atoms with Crippen LogP contribution in [0, 0.1) is 0 Å². The highest BCUT2D eigenvalue weighted by molar-refractivity contribution is 5.75. The van der Waals surface area contributed by atoms with Crippen LogP contribution >= 0.6 is 0 Å². The molecule has 0 aliphatic carbocycles. The smallest absolute Gasteiger partial charge is 0.322 e. The molecule has 1 N–H and O–H groups in total. The molecule has 2 rings (SSSR count). The molecule has 2 bridgehead atoms. The highest BCUT2D eigenvalue weighted by Crippen LogP contribution is 2.34. The second-order valence-electron chi connectivity index (χ2n) is 5.13. The number of carbonyl (C=O) groups is 1. The fourth-order valence-corrected chi connectivity index (χ4v) is 3.15. The fourth-order valence-electron chi connectivity index (χ4n) is 3.15. The largest absolute Gasteiger partial charge is 0.468 e. The van der Waals surface area contributed by atoms with Crippen molar-refractivity contribution in [3.8, 4) is 0 Å². The Morgan fingerprint density at radius 3 is 2.44 bits per heavy atom. The minimum atomic E-state index is -0.183. The number of nitrogens with zero attached hydrogens (tertiary/aromatic N) is 1. The zero-order chi connectivity index (χ0) is 11.7. The second kappa shape index (κ2) is 4.72. The number of piperidine rings is 1. The van der Waals surface area contributed by atoms with E-state index in [9.17, 15) is 4.79 Å². The molecular weight excluding hydrogens is 204 g/mol. The number of nitrogens with one attached hydrogen (secondary N) is 1. The maximum absolute atomic E-state index is 11.3. The van der Waals surface area contributed by atoms with Crippen LogP contribution in [0.4, 0.5) is 0 Å². The predicted octanol–water partition coefficient (Wildman–Crippen LogP) is 0.763. The molecule has 0 saturated carbocycles. The summed E-state index contributed by atoms with van der Waals surface area (Å²) in [7, 11) is 3.67. The number of methoxy groups -OCH3 is 1. The molecule has 0 aromatic rings. The number of esters is 1. The van der Waals surface area contributed by atoms with Gasteiger partial charge in [-0.15, -0.1) is 0 Å². The summed E-state index contributed by atoms with van der Waals surface area (Å²) in [5.74, 6) is -0.161. The van der Waals surface area contributed by atoms with Crippen molar-refractivity contribution in [3.63, 3.8) is 0 Å². The summed E-state index contributed by atoms with van der Waals surface area (Å²) in [5.41, 5.74) is 0. The van der Waals surface area contributed by atoms with Crippen molar-refractivity contribution >= 4 is 5.97 Å². The first-order chi connectivity index (χ1) is 7.61. The Morgan fingerprint density at radius 2 is 1.94 bits per heavy atom. The van der Waals surface area contributed by atoms with Crippen LogP contribution in [0.3, 0.4) is 0 Å². The van der Waals surface area contributed by atoms with E-state index < -0.39 is 0 Å². The molecule has 16 heavy (non-hydrogen) atoms. The lowest BCUT2D eigenvalue weighted by atomic mass is 9.97. The van der Waals surface area contributed by atoms with Gasteiger partial charge in [-0.2, -0.15) is 0 Å². The minimum Gasteiger partial charge on any atom is -0.468 e. The lowest BCUT2D eigenvalue weighted by molar-refractivity contribution is -0.143. The van der Waals surface area contributed by atoms with Crippen LogP contribution in [0.1, 0.15) is 32.6 Å². The van der Waals surface area contributed by atoms with E-state index in [1.807, 2.05) is 6.92 Å².